The van der Waals surface area contributed by atoms with Crippen molar-refractivity contribution in [2.45, 2.75) is 84.7 Å². The van der Waals surface area contributed by atoms with E-state index in [-0.39, 0.29) is 47.6 Å². The van der Waals surface area contributed by atoms with Gasteiger partial charge in [0.15, 0.2) is 0 Å². The number of amides is 4. The minimum Gasteiger partial charge on any atom is -0.488 e. The van der Waals surface area contributed by atoms with Gasteiger partial charge in [-0.05, 0) is 76.9 Å². The standard InChI is InChI=1S/C47H58N8O8/c1-9-26(5)40(53-47(59)62-8)45(57)54-20-25(4)14-36(54)42-48-19-35(50-42)29-10-12-31-30(16-29)23-63-38-18-32-28(17-33(31)38)11-13-34-41(32)51-43(49-34)37-15-27(22-60-6)21-55(37)44(56)39(24(2)3)52-46(58)61-7/h10-13,16-19,24-27,36-37,39-40H,9,14-15,20-23H2,1-8H3,(H,48,50)(H,49,51)(H,52,58)(H,53,59)/t25-,26-,27?,36?,37-,39-,40?/m0/s1. The number of carbonyl (C=O) groups is 4. The number of fused-ring (bicyclic) bond motifs is 6. The second-order valence-electron chi connectivity index (χ2n) is 17.8. The number of aromatic nitrogens is 4. The number of rotatable bonds is 12. The molecule has 0 aliphatic carbocycles. The molecule has 334 valence electrons. The summed E-state index contributed by atoms with van der Waals surface area (Å²) in [5.74, 6) is 1.93. The molecule has 4 N–H and O–H groups in total. The summed E-state index contributed by atoms with van der Waals surface area (Å²) in [7, 11) is 4.25. The fraction of sp³-hybridized carbons (Fsp3) is 0.489. The molecule has 3 aliphatic rings. The quantitative estimate of drug-likeness (QED) is 0.0992. The van der Waals surface area contributed by atoms with Crippen LogP contribution in [0.15, 0.2) is 48.7 Å². The van der Waals surface area contributed by atoms with Gasteiger partial charge in [-0.15, -0.1) is 0 Å². The fourth-order valence-corrected chi connectivity index (χ4v) is 9.55. The summed E-state index contributed by atoms with van der Waals surface area (Å²) in [5, 5.41) is 7.47. The van der Waals surface area contributed by atoms with Gasteiger partial charge in [0, 0.05) is 37.1 Å². The highest BCUT2D eigenvalue weighted by Crippen LogP contribution is 2.44. The number of imidazole rings is 2. The lowest BCUT2D eigenvalue weighted by molar-refractivity contribution is -0.136. The van der Waals surface area contributed by atoms with E-state index in [0.717, 1.165) is 68.3 Å². The number of methoxy groups -OCH3 is 3. The van der Waals surface area contributed by atoms with Crippen LogP contribution in [0.5, 0.6) is 5.75 Å². The fourth-order valence-electron chi connectivity index (χ4n) is 9.55. The Kier molecular flexibility index (Phi) is 12.4. The van der Waals surface area contributed by atoms with Gasteiger partial charge >= 0.3 is 12.2 Å². The van der Waals surface area contributed by atoms with Crippen molar-refractivity contribution in [2.24, 2.45) is 23.7 Å². The lowest BCUT2D eigenvalue weighted by Crippen LogP contribution is -2.51. The maximum atomic E-state index is 14.1. The van der Waals surface area contributed by atoms with Gasteiger partial charge < -0.3 is 49.3 Å². The molecule has 3 aromatic carbocycles. The number of hydrogen-bond donors (Lipinski definition) is 4. The molecule has 16 heteroatoms. The Morgan fingerprint density at radius 3 is 2.29 bits per heavy atom. The van der Waals surface area contributed by atoms with Gasteiger partial charge in [0.1, 0.15) is 36.1 Å². The molecule has 4 amide bonds. The summed E-state index contributed by atoms with van der Waals surface area (Å²) < 4.78 is 21.6. The lowest BCUT2D eigenvalue weighted by Gasteiger charge is -2.30. The summed E-state index contributed by atoms with van der Waals surface area (Å²) in [6.07, 6.45) is 2.67. The number of hydrogen-bond acceptors (Lipinski definition) is 10. The highest BCUT2D eigenvalue weighted by molar-refractivity contribution is 6.07. The summed E-state index contributed by atoms with van der Waals surface area (Å²) in [6, 6.07) is 12.5. The van der Waals surface area contributed by atoms with Crippen LogP contribution in [0.25, 0.3) is 44.2 Å². The van der Waals surface area contributed by atoms with E-state index >= 15 is 0 Å². The van der Waals surface area contributed by atoms with E-state index in [9.17, 15) is 19.2 Å². The number of aromatic amines is 2. The van der Waals surface area contributed by atoms with Crippen LogP contribution in [-0.4, -0.2) is 107 Å². The molecule has 63 heavy (non-hydrogen) atoms. The van der Waals surface area contributed by atoms with Gasteiger partial charge in [0.05, 0.1) is 55.8 Å². The molecule has 7 atom stereocenters. The van der Waals surface area contributed by atoms with E-state index in [1.165, 1.54) is 14.2 Å². The minimum atomic E-state index is -0.762. The molecule has 2 fully saturated rings. The van der Waals surface area contributed by atoms with Crippen molar-refractivity contribution >= 4 is 45.8 Å². The molecular formula is C47H58N8O8. The Labute approximate surface area is 366 Å². The maximum Gasteiger partial charge on any atom is 0.407 e. The van der Waals surface area contributed by atoms with Crippen molar-refractivity contribution in [3.63, 3.8) is 0 Å². The Hall–Kier alpha value is -6.16. The van der Waals surface area contributed by atoms with Crippen molar-refractivity contribution in [1.29, 1.82) is 0 Å². The summed E-state index contributed by atoms with van der Waals surface area (Å²) in [6.45, 7) is 11.8. The Balaban J connectivity index is 1.05. The maximum absolute atomic E-state index is 14.1. The first-order valence-corrected chi connectivity index (χ1v) is 21.9. The summed E-state index contributed by atoms with van der Waals surface area (Å²) >= 11 is 0. The molecular weight excluding hydrogens is 805 g/mol. The van der Waals surface area contributed by atoms with Crippen molar-refractivity contribution in [3.05, 3.63) is 65.9 Å². The molecule has 5 aromatic rings. The number of ether oxygens (including phenoxy) is 4. The molecule has 2 saturated heterocycles. The van der Waals surface area contributed by atoms with Crippen LogP contribution in [0, 0.1) is 23.7 Å². The van der Waals surface area contributed by atoms with Gasteiger partial charge in [0.25, 0.3) is 0 Å². The number of likely N-dealkylation sites (tertiary alicyclic amines) is 2. The van der Waals surface area contributed by atoms with Crippen LogP contribution in [0.3, 0.4) is 0 Å². The van der Waals surface area contributed by atoms with E-state index in [4.69, 9.17) is 28.9 Å². The average Bonchev–Trinajstić information content (AvgIpc) is 4.11. The monoisotopic (exact) mass is 862 g/mol. The van der Waals surface area contributed by atoms with E-state index in [0.29, 0.717) is 44.4 Å². The zero-order valence-electron chi connectivity index (χ0n) is 37.2. The molecule has 0 bridgehead atoms. The second-order valence-corrected chi connectivity index (χ2v) is 17.8. The van der Waals surface area contributed by atoms with Crippen LogP contribution < -0.4 is 15.4 Å². The average molecular weight is 863 g/mol. The number of nitrogens with one attached hydrogen (secondary N) is 4. The highest BCUT2D eigenvalue weighted by atomic mass is 16.5. The number of benzene rings is 3. The molecule has 0 saturated carbocycles. The lowest BCUT2D eigenvalue weighted by atomic mass is 9.92. The summed E-state index contributed by atoms with van der Waals surface area (Å²) in [4.78, 5) is 73.0. The third kappa shape index (κ3) is 8.40. The van der Waals surface area contributed by atoms with Crippen LogP contribution >= 0.6 is 0 Å². The Morgan fingerprint density at radius 2 is 1.57 bits per heavy atom. The van der Waals surface area contributed by atoms with E-state index in [2.05, 4.69) is 63.9 Å². The third-order valence-corrected chi connectivity index (χ3v) is 13.1. The predicted molar refractivity (Wildman–Crippen MR) is 237 cm³/mol. The molecule has 2 aromatic heterocycles. The topological polar surface area (TPSA) is 193 Å². The van der Waals surface area contributed by atoms with Crippen molar-refractivity contribution in [2.75, 3.05) is 41.0 Å². The van der Waals surface area contributed by atoms with Gasteiger partial charge in [-0.2, -0.15) is 0 Å². The molecule has 0 radical (unpaired) electrons. The van der Waals surface area contributed by atoms with Crippen molar-refractivity contribution in [1.82, 2.24) is 40.4 Å². The molecule has 5 heterocycles. The van der Waals surface area contributed by atoms with E-state index in [1.54, 1.807) is 7.11 Å². The van der Waals surface area contributed by atoms with Crippen LogP contribution in [0.2, 0.25) is 0 Å². The van der Waals surface area contributed by atoms with Crippen LogP contribution in [0.4, 0.5) is 9.59 Å². The normalized spacial score (nSPS) is 20.8. The predicted octanol–water partition coefficient (Wildman–Crippen LogP) is 7.26. The number of alkyl carbamates (subject to hydrolysis) is 2. The minimum absolute atomic E-state index is 0.0789. The highest BCUT2D eigenvalue weighted by Gasteiger charge is 2.43. The first kappa shape index (κ1) is 43.5. The van der Waals surface area contributed by atoms with Crippen LogP contribution in [0.1, 0.15) is 83.2 Å². The second kappa shape index (κ2) is 17.9. The largest absolute Gasteiger partial charge is 0.488 e. The molecule has 0 spiro atoms. The number of nitrogens with zero attached hydrogens (tertiary/aromatic N) is 4. The third-order valence-electron chi connectivity index (χ3n) is 13.1. The first-order chi connectivity index (χ1) is 30.3. The van der Waals surface area contributed by atoms with Crippen molar-refractivity contribution in [3.8, 4) is 28.1 Å². The zero-order chi connectivity index (χ0) is 44.7. The van der Waals surface area contributed by atoms with E-state index < -0.39 is 24.3 Å². The van der Waals surface area contributed by atoms with Gasteiger partial charge in [-0.25, -0.2) is 19.6 Å². The molecule has 3 aliphatic heterocycles. The molecule has 3 unspecified atom stereocenters. The summed E-state index contributed by atoms with van der Waals surface area (Å²) in [5.41, 5.74) is 6.52. The zero-order valence-corrected chi connectivity index (χ0v) is 37.2. The molecule has 8 rings (SSSR count). The smallest absolute Gasteiger partial charge is 0.407 e. The van der Waals surface area contributed by atoms with Gasteiger partial charge in [-0.3, -0.25) is 9.59 Å². The number of H-pyrrole nitrogens is 2. The Bertz CT molecular complexity index is 2530. The SMILES string of the molecule is CC[C@H](C)C(NC(=O)OC)C(=O)N1C[C@@H](C)CC1c1ncc(-c2ccc3c(c2)COc2cc4c(ccc5nc([C@@H]6CC(COC)CN6C(=O)[C@@H](NC(=O)OC)C(C)C)[nH]c54)cc2-3)[nH]1. The van der Waals surface area contributed by atoms with Crippen LogP contribution in [-0.2, 0) is 30.4 Å². The van der Waals surface area contributed by atoms with E-state index in [1.807, 2.05) is 49.8 Å². The first-order valence-electron chi connectivity index (χ1n) is 21.9. The molecule has 16 nitrogen and oxygen atoms in total. The van der Waals surface area contributed by atoms with Crippen molar-refractivity contribution < 1.29 is 38.1 Å². The Morgan fingerprint density at radius 1 is 0.857 bits per heavy atom. The van der Waals surface area contributed by atoms with Gasteiger partial charge in [0.2, 0.25) is 11.8 Å². The van der Waals surface area contributed by atoms with Gasteiger partial charge in [-0.1, -0.05) is 59.2 Å². The number of carbonyl (C=O) groups excluding carboxylic acids is 4.